The van der Waals surface area contributed by atoms with Crippen molar-refractivity contribution in [1.82, 2.24) is 14.7 Å². The number of aromatic amines is 1. The summed E-state index contributed by atoms with van der Waals surface area (Å²) in [7, 11) is 1.79. The van der Waals surface area contributed by atoms with Gasteiger partial charge in [0.2, 0.25) is 0 Å². The number of aromatic nitrogens is 2. The molecule has 6 heteroatoms. The van der Waals surface area contributed by atoms with Crippen LogP contribution in [0.3, 0.4) is 0 Å². The largest absolute Gasteiger partial charge is 0.481 e. The number of nitrogens with one attached hydrogen (secondary N) is 1. The highest BCUT2D eigenvalue weighted by molar-refractivity contribution is 5.81. The molecule has 1 N–H and O–H groups in total. The number of carbonyl (C=O) groups is 1. The van der Waals surface area contributed by atoms with Crippen LogP contribution in [-0.2, 0) is 24.8 Å². The van der Waals surface area contributed by atoms with Crippen molar-refractivity contribution in [3.63, 3.8) is 0 Å². The van der Waals surface area contributed by atoms with Crippen LogP contribution in [0.5, 0.6) is 5.75 Å². The molecule has 122 valence electrons. The molecule has 1 aromatic heterocycles. The van der Waals surface area contributed by atoms with Gasteiger partial charge in [-0.2, -0.15) is 0 Å². The van der Waals surface area contributed by atoms with Gasteiger partial charge in [-0.05, 0) is 38.0 Å². The van der Waals surface area contributed by atoms with E-state index in [2.05, 4.69) is 5.10 Å². The van der Waals surface area contributed by atoms with Gasteiger partial charge in [0.1, 0.15) is 5.75 Å². The molecule has 1 unspecified atom stereocenters. The molecule has 0 aliphatic carbocycles. The number of amides is 1. The standard InChI is InChI=1S/C17H21N3O3/c1-11-5-4-6-13(9-11)23-12(2)17(22)20-8-7-14-15(10-20)19(3)18-16(14)21/h4-6,9,12H,7-8,10H2,1-3H3,(H,18,21). The van der Waals surface area contributed by atoms with E-state index in [1.807, 2.05) is 31.2 Å². The molecule has 1 aromatic carbocycles. The lowest BCUT2D eigenvalue weighted by Crippen LogP contribution is -2.43. The molecule has 0 saturated carbocycles. The average Bonchev–Trinajstić information content (AvgIpc) is 2.81. The Hall–Kier alpha value is -2.50. The van der Waals surface area contributed by atoms with Crippen LogP contribution in [0.2, 0.25) is 0 Å². The second-order valence-corrected chi connectivity index (χ2v) is 6.01. The van der Waals surface area contributed by atoms with Gasteiger partial charge in [-0.15, -0.1) is 0 Å². The number of H-pyrrole nitrogens is 1. The first-order chi connectivity index (χ1) is 11.0. The summed E-state index contributed by atoms with van der Waals surface area (Å²) in [6, 6.07) is 7.65. The third kappa shape index (κ3) is 3.02. The van der Waals surface area contributed by atoms with Gasteiger partial charge >= 0.3 is 0 Å². The summed E-state index contributed by atoms with van der Waals surface area (Å²) in [6.45, 7) is 4.72. The average molecular weight is 315 g/mol. The number of rotatable bonds is 3. The van der Waals surface area contributed by atoms with Gasteiger partial charge in [-0.25, -0.2) is 0 Å². The van der Waals surface area contributed by atoms with Crippen LogP contribution in [0.15, 0.2) is 29.1 Å². The van der Waals surface area contributed by atoms with Crippen LogP contribution in [0.1, 0.15) is 23.7 Å². The number of benzene rings is 1. The number of ether oxygens (including phenoxy) is 1. The van der Waals surface area contributed by atoms with Crippen LogP contribution in [-0.4, -0.2) is 33.2 Å². The smallest absolute Gasteiger partial charge is 0.267 e. The molecule has 1 aliphatic rings. The summed E-state index contributed by atoms with van der Waals surface area (Å²) in [5, 5.41) is 2.74. The Morgan fingerprint density at radius 1 is 1.39 bits per heavy atom. The molecule has 6 nitrogen and oxygen atoms in total. The number of aryl methyl sites for hydroxylation is 2. The molecule has 0 fully saturated rings. The minimum atomic E-state index is -0.561. The van der Waals surface area contributed by atoms with Gasteiger partial charge < -0.3 is 9.64 Å². The zero-order valence-electron chi connectivity index (χ0n) is 13.6. The summed E-state index contributed by atoms with van der Waals surface area (Å²) >= 11 is 0. The zero-order chi connectivity index (χ0) is 16.6. The quantitative estimate of drug-likeness (QED) is 0.930. The predicted molar refractivity (Wildman–Crippen MR) is 86.4 cm³/mol. The second-order valence-electron chi connectivity index (χ2n) is 6.01. The minimum absolute atomic E-state index is 0.0568. The zero-order valence-corrected chi connectivity index (χ0v) is 13.6. The molecule has 0 bridgehead atoms. The summed E-state index contributed by atoms with van der Waals surface area (Å²) in [5.41, 5.74) is 2.69. The Balaban J connectivity index is 1.71. The fourth-order valence-electron chi connectivity index (χ4n) is 2.98. The fourth-order valence-corrected chi connectivity index (χ4v) is 2.98. The molecule has 0 radical (unpaired) electrons. The first-order valence-electron chi connectivity index (χ1n) is 7.74. The highest BCUT2D eigenvalue weighted by Gasteiger charge is 2.28. The van der Waals surface area contributed by atoms with Crippen LogP contribution in [0.25, 0.3) is 0 Å². The molecule has 1 amide bonds. The SMILES string of the molecule is Cc1cccc(OC(C)C(=O)N2CCc3c(n(C)[nH]c3=O)C2)c1. The van der Waals surface area contributed by atoms with Gasteiger partial charge in [0, 0.05) is 19.2 Å². The van der Waals surface area contributed by atoms with Crippen molar-refractivity contribution in [1.29, 1.82) is 0 Å². The van der Waals surface area contributed by atoms with E-state index >= 15 is 0 Å². The van der Waals surface area contributed by atoms with Gasteiger partial charge in [0.25, 0.3) is 11.5 Å². The fraction of sp³-hybridized carbons (Fsp3) is 0.412. The van der Waals surface area contributed by atoms with Gasteiger partial charge in [-0.3, -0.25) is 19.4 Å². The lowest BCUT2D eigenvalue weighted by atomic mass is 10.1. The topological polar surface area (TPSA) is 67.3 Å². The number of hydrogen-bond donors (Lipinski definition) is 1. The Morgan fingerprint density at radius 3 is 2.91 bits per heavy atom. The van der Waals surface area contributed by atoms with Crippen molar-refractivity contribution < 1.29 is 9.53 Å². The van der Waals surface area contributed by atoms with Crippen molar-refractivity contribution in [3.8, 4) is 5.75 Å². The molecule has 0 spiro atoms. The van der Waals surface area contributed by atoms with Crippen molar-refractivity contribution in [3.05, 3.63) is 51.4 Å². The second kappa shape index (κ2) is 5.95. The van der Waals surface area contributed by atoms with Crippen LogP contribution in [0, 0.1) is 6.92 Å². The third-order valence-corrected chi connectivity index (χ3v) is 4.23. The van der Waals surface area contributed by atoms with Crippen molar-refractivity contribution in [2.45, 2.75) is 32.9 Å². The monoisotopic (exact) mass is 315 g/mol. The van der Waals surface area contributed by atoms with Crippen molar-refractivity contribution in [2.75, 3.05) is 6.54 Å². The lowest BCUT2D eigenvalue weighted by Gasteiger charge is -2.29. The third-order valence-electron chi connectivity index (χ3n) is 4.23. The summed E-state index contributed by atoms with van der Waals surface area (Å²) in [4.78, 5) is 26.1. The molecular weight excluding hydrogens is 294 g/mol. The summed E-state index contributed by atoms with van der Waals surface area (Å²) in [6.07, 6.45) is 0.0170. The molecule has 0 saturated heterocycles. The van der Waals surface area contributed by atoms with E-state index in [1.54, 1.807) is 23.6 Å². The van der Waals surface area contributed by atoms with E-state index in [1.165, 1.54) is 0 Å². The Bertz CT molecular complexity index is 791. The van der Waals surface area contributed by atoms with Crippen LogP contribution >= 0.6 is 0 Å². The molecule has 23 heavy (non-hydrogen) atoms. The summed E-state index contributed by atoms with van der Waals surface area (Å²) in [5.74, 6) is 0.628. The van der Waals surface area contributed by atoms with Crippen LogP contribution in [0.4, 0.5) is 0 Å². The maximum absolute atomic E-state index is 12.6. The van der Waals surface area contributed by atoms with E-state index in [-0.39, 0.29) is 11.5 Å². The van der Waals surface area contributed by atoms with E-state index in [0.29, 0.717) is 25.3 Å². The van der Waals surface area contributed by atoms with Gasteiger partial charge in [-0.1, -0.05) is 12.1 Å². The predicted octanol–water partition coefficient (Wildman–Crippen LogP) is 1.37. The normalized spacial score (nSPS) is 15.2. The lowest BCUT2D eigenvalue weighted by molar-refractivity contribution is -0.139. The van der Waals surface area contributed by atoms with Gasteiger partial charge in [0.05, 0.1) is 12.2 Å². The van der Waals surface area contributed by atoms with Gasteiger partial charge in [0.15, 0.2) is 6.10 Å². The number of carbonyl (C=O) groups excluding carboxylic acids is 1. The maximum atomic E-state index is 12.6. The first-order valence-corrected chi connectivity index (χ1v) is 7.74. The minimum Gasteiger partial charge on any atom is -0.481 e. The van der Waals surface area contributed by atoms with Crippen molar-refractivity contribution in [2.24, 2.45) is 7.05 Å². The first kappa shape index (κ1) is 15.4. The molecule has 1 atom stereocenters. The molecule has 2 aromatic rings. The Morgan fingerprint density at radius 2 is 2.17 bits per heavy atom. The molecule has 3 rings (SSSR count). The maximum Gasteiger partial charge on any atom is 0.267 e. The number of fused-ring (bicyclic) bond motifs is 1. The highest BCUT2D eigenvalue weighted by Crippen LogP contribution is 2.19. The Kier molecular flexibility index (Phi) is 3.98. The number of hydrogen-bond acceptors (Lipinski definition) is 3. The molecule has 2 heterocycles. The van der Waals surface area contributed by atoms with Crippen LogP contribution < -0.4 is 10.3 Å². The molecular formula is C17H21N3O3. The van der Waals surface area contributed by atoms with E-state index in [9.17, 15) is 9.59 Å². The number of nitrogens with zero attached hydrogens (tertiary/aromatic N) is 2. The van der Waals surface area contributed by atoms with Crippen molar-refractivity contribution >= 4 is 5.91 Å². The van der Waals surface area contributed by atoms with E-state index in [0.717, 1.165) is 16.8 Å². The Labute approximate surface area is 134 Å². The highest BCUT2D eigenvalue weighted by atomic mass is 16.5. The molecule has 1 aliphatic heterocycles. The summed E-state index contributed by atoms with van der Waals surface area (Å²) < 4.78 is 7.46. The van der Waals surface area contributed by atoms with E-state index < -0.39 is 6.10 Å². The van der Waals surface area contributed by atoms with E-state index in [4.69, 9.17) is 4.74 Å².